The smallest absolute Gasteiger partial charge is 0.0527 e. The van der Waals surface area contributed by atoms with Crippen LogP contribution in [0.5, 0.6) is 0 Å². The van der Waals surface area contributed by atoms with Crippen LogP contribution in [0.4, 0.5) is 0 Å². The number of rotatable bonds is 3. The molecule has 0 aromatic heterocycles. The predicted octanol–water partition coefficient (Wildman–Crippen LogP) is 1.73. The topological polar surface area (TPSA) is 46.2 Å². The van der Waals surface area contributed by atoms with Crippen LogP contribution in [-0.4, -0.2) is 11.7 Å². The molecule has 2 heteroatoms. The molecule has 1 fully saturated rings. The zero-order valence-electron chi connectivity index (χ0n) is 8.53. The highest BCUT2D eigenvalue weighted by atomic mass is 16.3. The fourth-order valence-electron chi connectivity index (χ4n) is 1.84. The van der Waals surface area contributed by atoms with E-state index in [1.54, 1.807) is 0 Å². The highest BCUT2D eigenvalue weighted by Crippen LogP contribution is 2.47. The summed E-state index contributed by atoms with van der Waals surface area (Å²) in [5.74, 6) is 0. The first-order chi connectivity index (χ1) is 6.68. The largest absolute Gasteiger partial charge is 0.395 e. The van der Waals surface area contributed by atoms with E-state index in [4.69, 9.17) is 5.73 Å². The minimum Gasteiger partial charge on any atom is -0.395 e. The third-order valence-electron chi connectivity index (χ3n) is 3.18. The van der Waals surface area contributed by atoms with E-state index in [1.807, 2.05) is 19.1 Å². The SMILES string of the molecule is CC(N)c1cccc(C2(CO)CC2)c1. The van der Waals surface area contributed by atoms with Gasteiger partial charge in [-0.25, -0.2) is 0 Å². The standard InChI is InChI=1S/C12H17NO/c1-9(13)10-3-2-4-11(7-10)12(8-14)5-6-12/h2-4,7,9,14H,5-6,8,13H2,1H3. The summed E-state index contributed by atoms with van der Waals surface area (Å²) in [5.41, 5.74) is 8.29. The van der Waals surface area contributed by atoms with E-state index < -0.39 is 0 Å². The lowest BCUT2D eigenvalue weighted by Gasteiger charge is -2.14. The molecular formula is C12H17NO. The van der Waals surface area contributed by atoms with Crippen LogP contribution in [0, 0.1) is 0 Å². The van der Waals surface area contributed by atoms with Gasteiger partial charge >= 0.3 is 0 Å². The van der Waals surface area contributed by atoms with Crippen molar-refractivity contribution >= 4 is 0 Å². The van der Waals surface area contributed by atoms with Crippen molar-refractivity contribution in [1.29, 1.82) is 0 Å². The van der Waals surface area contributed by atoms with E-state index in [1.165, 1.54) is 5.56 Å². The molecule has 76 valence electrons. The molecule has 2 nitrogen and oxygen atoms in total. The van der Waals surface area contributed by atoms with Crippen molar-refractivity contribution in [3.05, 3.63) is 35.4 Å². The average molecular weight is 191 g/mol. The fraction of sp³-hybridized carbons (Fsp3) is 0.500. The maximum atomic E-state index is 9.31. The molecule has 0 saturated heterocycles. The molecule has 0 radical (unpaired) electrons. The van der Waals surface area contributed by atoms with Gasteiger partial charge in [0.25, 0.3) is 0 Å². The Balaban J connectivity index is 2.31. The van der Waals surface area contributed by atoms with E-state index in [9.17, 15) is 5.11 Å². The molecule has 1 aliphatic rings. The summed E-state index contributed by atoms with van der Waals surface area (Å²) in [4.78, 5) is 0. The highest BCUT2D eigenvalue weighted by Gasteiger charge is 2.43. The number of aliphatic hydroxyl groups excluding tert-OH is 1. The van der Waals surface area contributed by atoms with Crippen molar-refractivity contribution in [2.75, 3.05) is 6.61 Å². The Morgan fingerprint density at radius 2 is 2.21 bits per heavy atom. The van der Waals surface area contributed by atoms with Gasteiger partial charge in [0.2, 0.25) is 0 Å². The second-order valence-corrected chi connectivity index (χ2v) is 4.35. The van der Waals surface area contributed by atoms with Crippen LogP contribution in [0.2, 0.25) is 0 Å². The highest BCUT2D eigenvalue weighted by molar-refractivity contribution is 5.35. The lowest BCUT2D eigenvalue weighted by Crippen LogP contribution is -2.13. The number of hydrogen-bond acceptors (Lipinski definition) is 2. The van der Waals surface area contributed by atoms with Crippen LogP contribution >= 0.6 is 0 Å². The maximum Gasteiger partial charge on any atom is 0.0527 e. The number of nitrogens with two attached hydrogens (primary N) is 1. The molecule has 2 rings (SSSR count). The fourth-order valence-corrected chi connectivity index (χ4v) is 1.84. The summed E-state index contributed by atoms with van der Waals surface area (Å²) in [7, 11) is 0. The van der Waals surface area contributed by atoms with Gasteiger partial charge in [-0.1, -0.05) is 24.3 Å². The van der Waals surface area contributed by atoms with Crippen molar-refractivity contribution in [3.63, 3.8) is 0 Å². The van der Waals surface area contributed by atoms with Crippen molar-refractivity contribution < 1.29 is 5.11 Å². The molecule has 0 amide bonds. The molecule has 0 bridgehead atoms. The van der Waals surface area contributed by atoms with Crippen molar-refractivity contribution in [3.8, 4) is 0 Å². The van der Waals surface area contributed by atoms with E-state index in [0.29, 0.717) is 0 Å². The van der Waals surface area contributed by atoms with Gasteiger partial charge in [-0.2, -0.15) is 0 Å². The Morgan fingerprint density at radius 1 is 1.50 bits per heavy atom. The number of aliphatic hydroxyl groups is 1. The molecule has 0 aliphatic heterocycles. The summed E-state index contributed by atoms with van der Waals surface area (Å²) in [5, 5.41) is 9.31. The Hall–Kier alpha value is -0.860. The summed E-state index contributed by atoms with van der Waals surface area (Å²) in [6.45, 7) is 2.24. The van der Waals surface area contributed by atoms with Crippen LogP contribution in [0.15, 0.2) is 24.3 Å². The van der Waals surface area contributed by atoms with Gasteiger partial charge in [-0.3, -0.25) is 0 Å². The first-order valence-corrected chi connectivity index (χ1v) is 5.15. The Morgan fingerprint density at radius 3 is 2.71 bits per heavy atom. The normalized spacial score (nSPS) is 20.5. The van der Waals surface area contributed by atoms with Gasteiger partial charge in [0.15, 0.2) is 0 Å². The van der Waals surface area contributed by atoms with Gasteiger partial charge < -0.3 is 10.8 Å². The summed E-state index contributed by atoms with van der Waals surface area (Å²) in [6.07, 6.45) is 2.21. The monoisotopic (exact) mass is 191 g/mol. The molecule has 14 heavy (non-hydrogen) atoms. The van der Waals surface area contributed by atoms with Gasteiger partial charge in [0.1, 0.15) is 0 Å². The molecule has 0 heterocycles. The number of hydrogen-bond donors (Lipinski definition) is 2. The van der Waals surface area contributed by atoms with Crippen molar-refractivity contribution in [2.45, 2.75) is 31.2 Å². The maximum absolute atomic E-state index is 9.31. The molecule has 3 N–H and O–H groups in total. The summed E-state index contributed by atoms with van der Waals surface area (Å²) >= 11 is 0. The van der Waals surface area contributed by atoms with Gasteiger partial charge in [0, 0.05) is 11.5 Å². The lowest BCUT2D eigenvalue weighted by molar-refractivity contribution is 0.255. The minimum absolute atomic E-state index is 0.0604. The number of benzene rings is 1. The van der Waals surface area contributed by atoms with E-state index >= 15 is 0 Å². The van der Waals surface area contributed by atoms with Crippen LogP contribution in [0.25, 0.3) is 0 Å². The molecular weight excluding hydrogens is 174 g/mol. The molecule has 1 saturated carbocycles. The predicted molar refractivity (Wildman–Crippen MR) is 57.0 cm³/mol. The second-order valence-electron chi connectivity index (χ2n) is 4.35. The quantitative estimate of drug-likeness (QED) is 0.764. The Labute approximate surface area is 84.7 Å². The zero-order chi connectivity index (χ0) is 10.2. The molecule has 1 aromatic carbocycles. The lowest BCUT2D eigenvalue weighted by atomic mass is 9.94. The molecule has 1 aromatic rings. The second kappa shape index (κ2) is 3.37. The van der Waals surface area contributed by atoms with Crippen LogP contribution in [0.1, 0.15) is 36.9 Å². The molecule has 1 aliphatic carbocycles. The Kier molecular flexibility index (Phi) is 2.33. The van der Waals surface area contributed by atoms with Gasteiger partial charge in [-0.05, 0) is 30.9 Å². The summed E-state index contributed by atoms with van der Waals surface area (Å²) in [6, 6.07) is 8.37. The minimum atomic E-state index is 0.0604. The van der Waals surface area contributed by atoms with Crippen LogP contribution < -0.4 is 5.73 Å². The Bertz CT molecular complexity index is 329. The van der Waals surface area contributed by atoms with Crippen LogP contribution in [-0.2, 0) is 5.41 Å². The van der Waals surface area contributed by atoms with Gasteiger partial charge in [-0.15, -0.1) is 0 Å². The molecule has 0 spiro atoms. The van der Waals surface area contributed by atoms with Gasteiger partial charge in [0.05, 0.1) is 6.61 Å². The zero-order valence-corrected chi connectivity index (χ0v) is 8.53. The molecule has 1 unspecified atom stereocenters. The van der Waals surface area contributed by atoms with E-state index in [2.05, 4.69) is 12.1 Å². The first-order valence-electron chi connectivity index (χ1n) is 5.15. The molecule has 1 atom stereocenters. The third-order valence-corrected chi connectivity index (χ3v) is 3.18. The van der Waals surface area contributed by atoms with Crippen LogP contribution in [0.3, 0.4) is 0 Å². The first kappa shape index (κ1) is 9.69. The van der Waals surface area contributed by atoms with E-state index in [0.717, 1.165) is 18.4 Å². The third kappa shape index (κ3) is 1.56. The summed E-state index contributed by atoms with van der Waals surface area (Å²) < 4.78 is 0. The van der Waals surface area contributed by atoms with E-state index in [-0.39, 0.29) is 18.1 Å². The van der Waals surface area contributed by atoms with Crippen molar-refractivity contribution in [1.82, 2.24) is 0 Å². The average Bonchev–Trinajstić information content (AvgIpc) is 2.98. The van der Waals surface area contributed by atoms with Crippen molar-refractivity contribution in [2.24, 2.45) is 5.73 Å².